The SMILES string of the molecule is CCCCC(C#Cc1ccccc1)(Cc1ccccc1)OCC. The zero-order valence-corrected chi connectivity index (χ0v) is 14.2. The predicted octanol–water partition coefficient (Wildman–Crippen LogP) is 5.25. The van der Waals surface area contributed by atoms with Crippen molar-refractivity contribution in [2.24, 2.45) is 0 Å². The summed E-state index contributed by atoms with van der Waals surface area (Å²) in [6, 6.07) is 20.7. The predicted molar refractivity (Wildman–Crippen MR) is 97.3 cm³/mol. The lowest BCUT2D eigenvalue weighted by molar-refractivity contribution is -0.000520. The van der Waals surface area contributed by atoms with Gasteiger partial charge in [-0.2, -0.15) is 0 Å². The van der Waals surface area contributed by atoms with E-state index >= 15 is 0 Å². The summed E-state index contributed by atoms with van der Waals surface area (Å²) in [5.41, 5.74) is 1.92. The molecule has 0 radical (unpaired) electrons. The van der Waals surface area contributed by atoms with Crippen molar-refractivity contribution < 1.29 is 4.74 Å². The highest BCUT2D eigenvalue weighted by Crippen LogP contribution is 2.24. The van der Waals surface area contributed by atoms with Crippen molar-refractivity contribution in [1.82, 2.24) is 0 Å². The lowest BCUT2D eigenvalue weighted by atomic mass is 9.89. The van der Waals surface area contributed by atoms with Gasteiger partial charge >= 0.3 is 0 Å². The topological polar surface area (TPSA) is 9.23 Å². The van der Waals surface area contributed by atoms with Gasteiger partial charge in [-0.3, -0.25) is 0 Å². The normalized spacial score (nSPS) is 13.0. The molecule has 0 N–H and O–H groups in total. The Morgan fingerprint density at radius 1 is 0.913 bits per heavy atom. The van der Waals surface area contributed by atoms with Gasteiger partial charge in [0.1, 0.15) is 5.60 Å². The average Bonchev–Trinajstić information content (AvgIpc) is 2.60. The van der Waals surface area contributed by atoms with E-state index in [1.54, 1.807) is 0 Å². The molecule has 120 valence electrons. The van der Waals surface area contributed by atoms with Crippen LogP contribution >= 0.6 is 0 Å². The van der Waals surface area contributed by atoms with Crippen LogP contribution in [0.25, 0.3) is 0 Å². The Hall–Kier alpha value is -2.04. The molecule has 0 spiro atoms. The summed E-state index contributed by atoms with van der Waals surface area (Å²) in [4.78, 5) is 0. The van der Waals surface area contributed by atoms with Gasteiger partial charge in [0.05, 0.1) is 0 Å². The van der Waals surface area contributed by atoms with Gasteiger partial charge in [0.2, 0.25) is 0 Å². The highest BCUT2D eigenvalue weighted by molar-refractivity contribution is 5.37. The number of ether oxygens (including phenoxy) is 1. The molecule has 0 heterocycles. The van der Waals surface area contributed by atoms with E-state index in [-0.39, 0.29) is 0 Å². The van der Waals surface area contributed by atoms with Crippen LogP contribution < -0.4 is 0 Å². The molecule has 1 unspecified atom stereocenters. The van der Waals surface area contributed by atoms with Gasteiger partial charge in [-0.1, -0.05) is 73.7 Å². The van der Waals surface area contributed by atoms with Gasteiger partial charge in [-0.25, -0.2) is 0 Å². The van der Waals surface area contributed by atoms with E-state index in [0.29, 0.717) is 6.61 Å². The fourth-order valence-electron chi connectivity index (χ4n) is 2.73. The zero-order valence-electron chi connectivity index (χ0n) is 14.2. The first-order valence-corrected chi connectivity index (χ1v) is 8.54. The van der Waals surface area contributed by atoms with Crippen LogP contribution in [-0.4, -0.2) is 12.2 Å². The first-order valence-electron chi connectivity index (χ1n) is 8.54. The number of hydrogen-bond donors (Lipinski definition) is 0. The Bertz CT molecular complexity index is 621. The molecule has 0 aromatic heterocycles. The number of hydrogen-bond acceptors (Lipinski definition) is 1. The largest absolute Gasteiger partial charge is 0.362 e. The molecule has 0 saturated heterocycles. The molecule has 0 bridgehead atoms. The Labute approximate surface area is 140 Å². The van der Waals surface area contributed by atoms with Crippen LogP contribution in [0.1, 0.15) is 44.2 Å². The molecule has 0 saturated carbocycles. The molecular formula is C22H26O. The molecule has 0 aliphatic carbocycles. The van der Waals surface area contributed by atoms with E-state index in [1.165, 1.54) is 5.56 Å². The molecule has 0 aliphatic heterocycles. The van der Waals surface area contributed by atoms with E-state index < -0.39 is 5.60 Å². The Kier molecular flexibility index (Phi) is 6.91. The van der Waals surface area contributed by atoms with Gasteiger partial charge in [-0.15, -0.1) is 0 Å². The minimum absolute atomic E-state index is 0.401. The van der Waals surface area contributed by atoms with Gasteiger partial charge < -0.3 is 4.74 Å². The summed E-state index contributed by atoms with van der Waals surface area (Å²) in [7, 11) is 0. The van der Waals surface area contributed by atoms with Crippen molar-refractivity contribution in [3.63, 3.8) is 0 Å². The third kappa shape index (κ3) is 5.58. The molecule has 1 atom stereocenters. The second-order valence-electron chi connectivity index (χ2n) is 5.81. The van der Waals surface area contributed by atoms with Crippen LogP contribution in [0, 0.1) is 11.8 Å². The van der Waals surface area contributed by atoms with Gasteiger partial charge in [0.15, 0.2) is 0 Å². The van der Waals surface area contributed by atoms with Crippen LogP contribution in [0.2, 0.25) is 0 Å². The van der Waals surface area contributed by atoms with Gasteiger partial charge in [-0.05, 0) is 37.5 Å². The maximum Gasteiger partial charge on any atom is 0.133 e. The molecule has 0 fully saturated rings. The second kappa shape index (κ2) is 9.18. The molecular weight excluding hydrogens is 280 g/mol. The lowest BCUT2D eigenvalue weighted by Crippen LogP contribution is -2.34. The van der Waals surface area contributed by atoms with Crippen LogP contribution in [0.4, 0.5) is 0 Å². The maximum atomic E-state index is 6.18. The first kappa shape index (κ1) is 17.3. The van der Waals surface area contributed by atoms with E-state index in [4.69, 9.17) is 4.74 Å². The van der Waals surface area contributed by atoms with Gasteiger partial charge in [0.25, 0.3) is 0 Å². The molecule has 0 amide bonds. The second-order valence-corrected chi connectivity index (χ2v) is 5.81. The van der Waals surface area contributed by atoms with Crippen molar-refractivity contribution in [2.45, 2.75) is 45.1 Å². The summed E-state index contributed by atoms with van der Waals surface area (Å²) < 4.78 is 6.18. The Morgan fingerprint density at radius 2 is 1.57 bits per heavy atom. The molecule has 1 heteroatoms. The Balaban J connectivity index is 2.30. The highest BCUT2D eigenvalue weighted by atomic mass is 16.5. The molecule has 2 rings (SSSR count). The Morgan fingerprint density at radius 3 is 2.17 bits per heavy atom. The van der Waals surface area contributed by atoms with Crippen molar-refractivity contribution in [3.05, 3.63) is 71.8 Å². The average molecular weight is 306 g/mol. The highest BCUT2D eigenvalue weighted by Gasteiger charge is 2.28. The van der Waals surface area contributed by atoms with E-state index in [1.807, 2.05) is 36.4 Å². The van der Waals surface area contributed by atoms with Crippen LogP contribution in [-0.2, 0) is 11.2 Å². The lowest BCUT2D eigenvalue weighted by Gasteiger charge is -2.29. The fraction of sp³-hybridized carbons (Fsp3) is 0.364. The van der Waals surface area contributed by atoms with E-state index in [0.717, 1.165) is 31.2 Å². The number of benzene rings is 2. The summed E-state index contributed by atoms with van der Waals surface area (Å²) in [5.74, 6) is 6.79. The quantitative estimate of drug-likeness (QED) is 0.635. The molecule has 23 heavy (non-hydrogen) atoms. The monoisotopic (exact) mass is 306 g/mol. The van der Waals surface area contributed by atoms with Crippen LogP contribution in [0.3, 0.4) is 0 Å². The first-order chi connectivity index (χ1) is 11.3. The summed E-state index contributed by atoms with van der Waals surface area (Å²) in [6.07, 6.45) is 4.07. The zero-order chi connectivity index (χ0) is 16.4. The summed E-state index contributed by atoms with van der Waals surface area (Å²) >= 11 is 0. The minimum Gasteiger partial charge on any atom is -0.362 e. The maximum absolute atomic E-state index is 6.18. The molecule has 0 aliphatic rings. The van der Waals surface area contributed by atoms with E-state index in [2.05, 4.69) is 50.0 Å². The molecule has 2 aromatic carbocycles. The molecule has 1 nitrogen and oxygen atoms in total. The van der Waals surface area contributed by atoms with Gasteiger partial charge in [0, 0.05) is 18.6 Å². The van der Waals surface area contributed by atoms with E-state index in [9.17, 15) is 0 Å². The third-order valence-electron chi connectivity index (χ3n) is 3.90. The number of unbranched alkanes of at least 4 members (excludes halogenated alkanes) is 1. The van der Waals surface area contributed by atoms with Crippen molar-refractivity contribution >= 4 is 0 Å². The van der Waals surface area contributed by atoms with Crippen LogP contribution in [0.15, 0.2) is 60.7 Å². The minimum atomic E-state index is -0.401. The molecule has 2 aromatic rings. The standard InChI is InChI=1S/C22H26O/c1-3-5-17-22(23-4-2,19-21-14-10-7-11-15-21)18-16-20-12-8-6-9-13-20/h6-15H,3-5,17,19H2,1-2H3. The summed E-state index contributed by atoms with van der Waals surface area (Å²) in [6.45, 7) is 4.94. The number of rotatable bonds is 7. The van der Waals surface area contributed by atoms with Crippen molar-refractivity contribution in [3.8, 4) is 11.8 Å². The summed E-state index contributed by atoms with van der Waals surface area (Å²) in [5, 5.41) is 0. The fourth-order valence-corrected chi connectivity index (χ4v) is 2.73. The smallest absolute Gasteiger partial charge is 0.133 e. The third-order valence-corrected chi connectivity index (χ3v) is 3.90. The van der Waals surface area contributed by atoms with Crippen LogP contribution in [0.5, 0.6) is 0 Å². The van der Waals surface area contributed by atoms with Crippen molar-refractivity contribution in [2.75, 3.05) is 6.61 Å². The van der Waals surface area contributed by atoms with Crippen molar-refractivity contribution in [1.29, 1.82) is 0 Å².